The van der Waals surface area contributed by atoms with Crippen LogP contribution in [0, 0.1) is 0 Å². The lowest BCUT2D eigenvalue weighted by molar-refractivity contribution is 0.368. The van der Waals surface area contributed by atoms with Crippen molar-refractivity contribution in [2.24, 2.45) is 0 Å². The highest BCUT2D eigenvalue weighted by Gasteiger charge is 2.17. The van der Waals surface area contributed by atoms with Crippen molar-refractivity contribution in [2.75, 3.05) is 0 Å². The van der Waals surface area contributed by atoms with E-state index in [0.29, 0.717) is 5.02 Å². The number of pyridine rings is 1. The van der Waals surface area contributed by atoms with E-state index >= 15 is 0 Å². The van der Waals surface area contributed by atoms with Crippen molar-refractivity contribution in [2.45, 2.75) is 26.3 Å². The molecule has 0 bridgehead atoms. The van der Waals surface area contributed by atoms with Crippen LogP contribution in [-0.2, 0) is 5.54 Å². The number of nitrogens with zero attached hydrogens (tertiary/aromatic N) is 3. The van der Waals surface area contributed by atoms with Gasteiger partial charge in [0, 0.05) is 11.6 Å². The van der Waals surface area contributed by atoms with Gasteiger partial charge < -0.3 is 0 Å². The summed E-state index contributed by atoms with van der Waals surface area (Å²) in [5.74, 6) is 0. The molecule has 0 saturated carbocycles. The van der Waals surface area contributed by atoms with E-state index in [1.807, 2.05) is 4.68 Å². The minimum Gasteiger partial charge on any atom is -0.261 e. The number of aromatic nitrogens is 3. The van der Waals surface area contributed by atoms with E-state index in [4.69, 9.17) is 11.6 Å². The predicted octanol–water partition coefficient (Wildman–Crippen LogP) is 2.84. The van der Waals surface area contributed by atoms with Crippen LogP contribution in [0.1, 0.15) is 20.8 Å². The Morgan fingerprint density at radius 3 is 2.57 bits per heavy atom. The van der Waals surface area contributed by atoms with Crippen LogP contribution in [0.4, 0.5) is 0 Å². The van der Waals surface area contributed by atoms with Crippen molar-refractivity contribution >= 4 is 22.5 Å². The molecule has 4 heteroatoms. The zero-order valence-corrected chi connectivity index (χ0v) is 9.21. The van der Waals surface area contributed by atoms with Gasteiger partial charge in [-0.3, -0.25) is 9.67 Å². The van der Waals surface area contributed by atoms with Crippen molar-refractivity contribution in [3.05, 3.63) is 23.6 Å². The van der Waals surface area contributed by atoms with E-state index in [2.05, 4.69) is 30.9 Å². The molecule has 0 atom stereocenters. The van der Waals surface area contributed by atoms with Crippen LogP contribution in [0.25, 0.3) is 10.9 Å². The standard InChI is InChI=1S/C10H12ClN3/c1-10(2,3)14-9-6-12-5-8(11)7(9)4-13-14/h4-6H,1-3H3. The summed E-state index contributed by atoms with van der Waals surface area (Å²) < 4.78 is 1.93. The van der Waals surface area contributed by atoms with Gasteiger partial charge in [-0.05, 0) is 20.8 Å². The Balaban J connectivity index is 2.76. The van der Waals surface area contributed by atoms with Crippen LogP contribution in [0.5, 0.6) is 0 Å². The van der Waals surface area contributed by atoms with E-state index in [-0.39, 0.29) is 5.54 Å². The van der Waals surface area contributed by atoms with E-state index in [1.54, 1.807) is 18.6 Å². The normalized spacial score (nSPS) is 12.3. The van der Waals surface area contributed by atoms with Crippen LogP contribution in [0.15, 0.2) is 18.6 Å². The fraction of sp³-hybridized carbons (Fsp3) is 0.400. The Hall–Kier alpha value is -1.09. The third-order valence-electron chi connectivity index (χ3n) is 2.08. The van der Waals surface area contributed by atoms with E-state index < -0.39 is 0 Å². The second kappa shape index (κ2) is 2.95. The first-order valence-electron chi connectivity index (χ1n) is 4.48. The van der Waals surface area contributed by atoms with Gasteiger partial charge in [-0.15, -0.1) is 0 Å². The molecule has 0 aliphatic heterocycles. The molecule has 0 saturated heterocycles. The first-order valence-corrected chi connectivity index (χ1v) is 4.85. The summed E-state index contributed by atoms with van der Waals surface area (Å²) in [6.45, 7) is 6.29. The van der Waals surface area contributed by atoms with Crippen LogP contribution >= 0.6 is 11.6 Å². The minimum atomic E-state index is -0.0475. The molecule has 0 radical (unpaired) electrons. The molecular weight excluding hydrogens is 198 g/mol. The topological polar surface area (TPSA) is 30.7 Å². The molecule has 0 spiro atoms. The quantitative estimate of drug-likeness (QED) is 0.668. The molecule has 2 aromatic rings. The van der Waals surface area contributed by atoms with E-state index in [0.717, 1.165) is 10.9 Å². The Morgan fingerprint density at radius 1 is 1.21 bits per heavy atom. The van der Waals surface area contributed by atoms with Gasteiger partial charge in [-0.25, -0.2) is 0 Å². The maximum Gasteiger partial charge on any atom is 0.0886 e. The second-order valence-corrected chi connectivity index (χ2v) is 4.69. The molecule has 3 nitrogen and oxygen atoms in total. The molecule has 0 aliphatic rings. The summed E-state index contributed by atoms with van der Waals surface area (Å²) in [6.07, 6.45) is 5.21. The molecule has 0 amide bonds. The molecule has 2 heterocycles. The van der Waals surface area contributed by atoms with Gasteiger partial charge in [0.25, 0.3) is 0 Å². The maximum atomic E-state index is 6.00. The fourth-order valence-corrected chi connectivity index (χ4v) is 1.65. The van der Waals surface area contributed by atoms with Crippen molar-refractivity contribution in [3.8, 4) is 0 Å². The zero-order chi connectivity index (χ0) is 10.3. The second-order valence-electron chi connectivity index (χ2n) is 4.28. The van der Waals surface area contributed by atoms with Gasteiger partial charge in [0.05, 0.1) is 28.5 Å². The van der Waals surface area contributed by atoms with E-state index in [1.165, 1.54) is 0 Å². The average Bonchev–Trinajstić information content (AvgIpc) is 2.47. The molecule has 0 N–H and O–H groups in total. The number of rotatable bonds is 0. The lowest BCUT2D eigenvalue weighted by atomic mass is 10.1. The molecule has 2 rings (SSSR count). The average molecular weight is 210 g/mol. The summed E-state index contributed by atoms with van der Waals surface area (Å²) in [5.41, 5.74) is 0.929. The van der Waals surface area contributed by atoms with Crippen LogP contribution in [-0.4, -0.2) is 14.8 Å². The highest BCUT2D eigenvalue weighted by atomic mass is 35.5. The minimum absolute atomic E-state index is 0.0475. The highest BCUT2D eigenvalue weighted by molar-refractivity contribution is 6.35. The molecule has 74 valence electrons. The Morgan fingerprint density at radius 2 is 1.93 bits per heavy atom. The fourth-order valence-electron chi connectivity index (χ4n) is 1.44. The van der Waals surface area contributed by atoms with Gasteiger partial charge in [0.15, 0.2) is 0 Å². The van der Waals surface area contributed by atoms with Crippen molar-refractivity contribution in [3.63, 3.8) is 0 Å². The summed E-state index contributed by atoms with van der Waals surface area (Å²) >= 11 is 6.00. The predicted molar refractivity (Wildman–Crippen MR) is 57.5 cm³/mol. The molecular formula is C10H12ClN3. The monoisotopic (exact) mass is 209 g/mol. The largest absolute Gasteiger partial charge is 0.261 e. The summed E-state index contributed by atoms with van der Waals surface area (Å²) in [4.78, 5) is 4.07. The molecule has 14 heavy (non-hydrogen) atoms. The summed E-state index contributed by atoms with van der Waals surface area (Å²) in [7, 11) is 0. The SMILES string of the molecule is CC(C)(C)n1ncc2c(Cl)cncc21. The van der Waals surface area contributed by atoms with Gasteiger partial charge >= 0.3 is 0 Å². The molecule has 0 unspecified atom stereocenters. The molecule has 0 aliphatic carbocycles. The highest BCUT2D eigenvalue weighted by Crippen LogP contribution is 2.25. The first-order chi connectivity index (χ1) is 6.50. The van der Waals surface area contributed by atoms with Gasteiger partial charge in [0.2, 0.25) is 0 Å². The number of hydrogen-bond donors (Lipinski definition) is 0. The Bertz CT molecular complexity index is 468. The van der Waals surface area contributed by atoms with Crippen LogP contribution in [0.3, 0.4) is 0 Å². The summed E-state index contributed by atoms with van der Waals surface area (Å²) in [5, 5.41) is 5.93. The van der Waals surface area contributed by atoms with Gasteiger partial charge in [0.1, 0.15) is 0 Å². The number of halogens is 1. The smallest absolute Gasteiger partial charge is 0.0886 e. The maximum absolute atomic E-state index is 6.00. The zero-order valence-electron chi connectivity index (χ0n) is 8.45. The molecule has 2 aromatic heterocycles. The lowest BCUT2D eigenvalue weighted by Gasteiger charge is -2.20. The van der Waals surface area contributed by atoms with Gasteiger partial charge in [-0.2, -0.15) is 5.10 Å². The van der Waals surface area contributed by atoms with Gasteiger partial charge in [-0.1, -0.05) is 11.6 Å². The third-order valence-corrected chi connectivity index (χ3v) is 2.39. The Kier molecular flexibility index (Phi) is 2.00. The Labute approximate surface area is 87.7 Å². The first kappa shape index (κ1) is 9.46. The molecule has 0 fully saturated rings. The van der Waals surface area contributed by atoms with Crippen molar-refractivity contribution in [1.82, 2.24) is 14.8 Å². The lowest BCUT2D eigenvalue weighted by Crippen LogP contribution is -2.22. The van der Waals surface area contributed by atoms with E-state index in [9.17, 15) is 0 Å². The van der Waals surface area contributed by atoms with Crippen LogP contribution < -0.4 is 0 Å². The number of hydrogen-bond acceptors (Lipinski definition) is 2. The third kappa shape index (κ3) is 1.38. The molecule has 0 aromatic carbocycles. The van der Waals surface area contributed by atoms with Crippen molar-refractivity contribution < 1.29 is 0 Å². The number of fused-ring (bicyclic) bond motifs is 1. The van der Waals surface area contributed by atoms with Crippen molar-refractivity contribution in [1.29, 1.82) is 0 Å². The van der Waals surface area contributed by atoms with Crippen LogP contribution in [0.2, 0.25) is 5.02 Å². The summed E-state index contributed by atoms with van der Waals surface area (Å²) in [6, 6.07) is 0.